The molecule has 0 saturated heterocycles. The molecular formula is C19H28N2O2. The second kappa shape index (κ2) is 5.50. The minimum Gasteiger partial charge on any atom is -0.505 e. The van der Waals surface area contributed by atoms with Gasteiger partial charge in [0.1, 0.15) is 5.75 Å². The van der Waals surface area contributed by atoms with Crippen LogP contribution in [0, 0.1) is 23.7 Å². The maximum atomic E-state index is 12.6. The summed E-state index contributed by atoms with van der Waals surface area (Å²) in [7, 11) is 0. The number of hydrogen-bond acceptors (Lipinski definition) is 3. The molecule has 126 valence electrons. The van der Waals surface area contributed by atoms with E-state index < -0.39 is 0 Å². The lowest BCUT2D eigenvalue weighted by Crippen LogP contribution is -2.47. The third kappa shape index (κ3) is 3.36. The summed E-state index contributed by atoms with van der Waals surface area (Å²) in [6, 6.07) is 1.86. The van der Waals surface area contributed by atoms with E-state index in [4.69, 9.17) is 0 Å². The van der Waals surface area contributed by atoms with Crippen LogP contribution in [0.25, 0.3) is 0 Å². The fraction of sp³-hybridized carbons (Fsp3) is 0.684. The molecule has 2 aliphatic carbocycles. The predicted molar refractivity (Wildman–Crippen MR) is 90.4 cm³/mol. The van der Waals surface area contributed by atoms with Gasteiger partial charge < -0.3 is 10.4 Å². The molecule has 1 aromatic heterocycles. The van der Waals surface area contributed by atoms with Crippen molar-refractivity contribution in [1.82, 2.24) is 10.3 Å². The molecule has 2 unspecified atom stereocenters. The summed E-state index contributed by atoms with van der Waals surface area (Å²) < 4.78 is 0. The lowest BCUT2D eigenvalue weighted by atomic mass is 9.60. The Morgan fingerprint density at radius 3 is 2.65 bits per heavy atom. The van der Waals surface area contributed by atoms with Crippen LogP contribution < -0.4 is 5.32 Å². The number of aryl methyl sites for hydroxylation is 1. The van der Waals surface area contributed by atoms with Gasteiger partial charge in [-0.05, 0) is 67.4 Å². The van der Waals surface area contributed by atoms with Gasteiger partial charge in [-0.1, -0.05) is 20.8 Å². The molecule has 2 fully saturated rings. The lowest BCUT2D eigenvalue weighted by Gasteiger charge is -2.47. The van der Waals surface area contributed by atoms with E-state index >= 15 is 0 Å². The van der Waals surface area contributed by atoms with Gasteiger partial charge in [-0.15, -0.1) is 0 Å². The third-order valence-corrected chi connectivity index (χ3v) is 5.63. The Morgan fingerprint density at radius 1 is 1.30 bits per heavy atom. The average Bonchev–Trinajstić information content (AvgIpc) is 3.24. The van der Waals surface area contributed by atoms with Crippen molar-refractivity contribution < 1.29 is 9.90 Å². The molecule has 0 bridgehead atoms. The van der Waals surface area contributed by atoms with Crippen LogP contribution in [0.4, 0.5) is 0 Å². The molecular weight excluding hydrogens is 288 g/mol. The monoisotopic (exact) mass is 316 g/mol. The number of nitrogens with one attached hydrogen (secondary N) is 1. The Morgan fingerprint density at radius 2 is 2.00 bits per heavy atom. The number of rotatable bonds is 3. The van der Waals surface area contributed by atoms with Crippen LogP contribution >= 0.6 is 0 Å². The van der Waals surface area contributed by atoms with E-state index in [0.717, 1.165) is 18.8 Å². The first-order chi connectivity index (χ1) is 10.7. The molecule has 23 heavy (non-hydrogen) atoms. The molecule has 1 amide bonds. The van der Waals surface area contributed by atoms with E-state index in [1.807, 2.05) is 0 Å². The van der Waals surface area contributed by atoms with Gasteiger partial charge in [0.15, 0.2) is 5.69 Å². The summed E-state index contributed by atoms with van der Waals surface area (Å²) >= 11 is 0. The number of amides is 1. The summed E-state index contributed by atoms with van der Waals surface area (Å²) in [5, 5.41) is 13.2. The summed E-state index contributed by atoms with van der Waals surface area (Å²) in [6.07, 6.45) is 7.46. The Balaban J connectivity index is 1.76. The number of aromatic hydroxyl groups is 1. The van der Waals surface area contributed by atoms with E-state index in [-0.39, 0.29) is 28.8 Å². The molecule has 1 heterocycles. The highest BCUT2D eigenvalue weighted by Crippen LogP contribution is 2.57. The fourth-order valence-corrected chi connectivity index (χ4v) is 4.70. The van der Waals surface area contributed by atoms with E-state index in [2.05, 4.69) is 31.1 Å². The zero-order valence-corrected chi connectivity index (χ0v) is 14.6. The van der Waals surface area contributed by atoms with E-state index in [1.165, 1.54) is 19.3 Å². The lowest BCUT2D eigenvalue weighted by molar-refractivity contribution is 0.0494. The minimum atomic E-state index is -0.257. The van der Waals surface area contributed by atoms with Crippen molar-refractivity contribution in [3.8, 4) is 5.75 Å². The molecule has 0 aromatic carbocycles. The topological polar surface area (TPSA) is 62.2 Å². The van der Waals surface area contributed by atoms with Gasteiger partial charge in [-0.2, -0.15) is 0 Å². The van der Waals surface area contributed by atoms with Crippen LogP contribution in [-0.4, -0.2) is 22.0 Å². The van der Waals surface area contributed by atoms with Crippen molar-refractivity contribution in [1.29, 1.82) is 0 Å². The van der Waals surface area contributed by atoms with Gasteiger partial charge in [0.25, 0.3) is 5.91 Å². The quantitative estimate of drug-likeness (QED) is 0.891. The Kier molecular flexibility index (Phi) is 3.89. The van der Waals surface area contributed by atoms with Gasteiger partial charge >= 0.3 is 0 Å². The molecule has 2 aliphatic rings. The maximum Gasteiger partial charge on any atom is 0.273 e. The second-order valence-corrected chi connectivity index (χ2v) is 8.67. The largest absolute Gasteiger partial charge is 0.505 e. The molecule has 4 heteroatoms. The predicted octanol–water partition coefficient (Wildman–Crippen LogP) is 3.82. The first kappa shape index (κ1) is 16.3. The smallest absolute Gasteiger partial charge is 0.273 e. The molecule has 0 spiro atoms. The molecule has 0 radical (unpaired) electrons. The third-order valence-electron chi connectivity index (χ3n) is 5.63. The second-order valence-electron chi connectivity index (χ2n) is 8.67. The Labute approximate surface area is 138 Å². The molecule has 0 aliphatic heterocycles. The van der Waals surface area contributed by atoms with Crippen molar-refractivity contribution in [2.45, 2.75) is 65.8 Å². The van der Waals surface area contributed by atoms with Gasteiger partial charge in [0.2, 0.25) is 0 Å². The van der Waals surface area contributed by atoms with Gasteiger partial charge in [0.05, 0.1) is 0 Å². The van der Waals surface area contributed by atoms with Crippen LogP contribution in [0.15, 0.2) is 12.3 Å². The summed E-state index contributed by atoms with van der Waals surface area (Å²) in [6.45, 7) is 8.76. The standard InChI is InChI=1S/C19H28N2O2/c1-12-7-8-20-15(16(12)22)17(23)21-14-9-18(2,3)11-19(4,10-14)13-5-6-13/h7-8,13-14,22H,5-6,9-11H2,1-4H3,(H,21,23). The van der Waals surface area contributed by atoms with E-state index in [1.54, 1.807) is 19.2 Å². The fourth-order valence-electron chi connectivity index (χ4n) is 4.70. The number of hydrogen-bond donors (Lipinski definition) is 2. The highest BCUT2D eigenvalue weighted by atomic mass is 16.3. The average molecular weight is 316 g/mol. The normalized spacial score (nSPS) is 30.0. The van der Waals surface area contributed by atoms with Crippen molar-refractivity contribution in [2.24, 2.45) is 16.7 Å². The van der Waals surface area contributed by atoms with Gasteiger partial charge in [-0.3, -0.25) is 4.79 Å². The van der Waals surface area contributed by atoms with E-state index in [9.17, 15) is 9.90 Å². The van der Waals surface area contributed by atoms with Crippen molar-refractivity contribution in [3.05, 3.63) is 23.5 Å². The first-order valence-electron chi connectivity index (χ1n) is 8.66. The number of carbonyl (C=O) groups excluding carboxylic acids is 1. The molecule has 1 aromatic rings. The highest BCUT2D eigenvalue weighted by Gasteiger charge is 2.49. The van der Waals surface area contributed by atoms with Crippen molar-refractivity contribution in [3.63, 3.8) is 0 Å². The van der Waals surface area contributed by atoms with Gasteiger partial charge in [-0.25, -0.2) is 4.98 Å². The van der Waals surface area contributed by atoms with Gasteiger partial charge in [0, 0.05) is 12.2 Å². The van der Waals surface area contributed by atoms with Crippen molar-refractivity contribution >= 4 is 5.91 Å². The number of aromatic nitrogens is 1. The first-order valence-corrected chi connectivity index (χ1v) is 8.66. The Hall–Kier alpha value is -1.58. The van der Waals surface area contributed by atoms with Crippen LogP contribution in [-0.2, 0) is 0 Å². The van der Waals surface area contributed by atoms with Crippen LogP contribution in [0.5, 0.6) is 5.75 Å². The molecule has 4 nitrogen and oxygen atoms in total. The number of nitrogens with zero attached hydrogens (tertiary/aromatic N) is 1. The van der Waals surface area contributed by atoms with Crippen LogP contribution in [0.1, 0.15) is 68.9 Å². The SMILES string of the molecule is Cc1ccnc(C(=O)NC2CC(C)(C)CC(C)(C3CC3)C2)c1O. The summed E-state index contributed by atoms with van der Waals surface area (Å²) in [5.74, 6) is 0.545. The molecule has 2 N–H and O–H groups in total. The summed E-state index contributed by atoms with van der Waals surface area (Å²) in [4.78, 5) is 16.6. The van der Waals surface area contributed by atoms with Crippen molar-refractivity contribution in [2.75, 3.05) is 0 Å². The number of carbonyl (C=O) groups is 1. The van der Waals surface area contributed by atoms with E-state index in [0.29, 0.717) is 11.0 Å². The zero-order chi connectivity index (χ0) is 16.8. The summed E-state index contributed by atoms with van der Waals surface area (Å²) in [5.41, 5.74) is 1.37. The Bertz CT molecular complexity index is 622. The van der Waals surface area contributed by atoms with Crippen LogP contribution in [0.2, 0.25) is 0 Å². The molecule has 2 saturated carbocycles. The maximum absolute atomic E-state index is 12.6. The van der Waals surface area contributed by atoms with Crippen LogP contribution in [0.3, 0.4) is 0 Å². The highest BCUT2D eigenvalue weighted by molar-refractivity contribution is 5.95. The zero-order valence-electron chi connectivity index (χ0n) is 14.6. The molecule has 2 atom stereocenters. The minimum absolute atomic E-state index is 0.00924. The number of pyridine rings is 1. The molecule has 3 rings (SSSR count).